The standard InChI is InChI=1S/C15H10BrNO2S/c16-10-1-3-13(18)12(8-10)15(19)17-11-2-4-14-9(7-11)5-6-20-14/h1-8,18H,(H,17,19). The highest BCUT2D eigenvalue weighted by Gasteiger charge is 2.12. The number of anilines is 1. The molecule has 5 heteroatoms. The van der Waals surface area contributed by atoms with Crippen LogP contribution in [0.1, 0.15) is 10.4 Å². The Hall–Kier alpha value is -1.85. The number of rotatable bonds is 2. The molecule has 0 saturated heterocycles. The van der Waals surface area contributed by atoms with E-state index < -0.39 is 0 Å². The monoisotopic (exact) mass is 347 g/mol. The largest absolute Gasteiger partial charge is 0.507 e. The number of aromatic hydroxyl groups is 1. The lowest BCUT2D eigenvalue weighted by atomic mass is 10.1. The van der Waals surface area contributed by atoms with E-state index in [0.29, 0.717) is 5.69 Å². The lowest BCUT2D eigenvalue weighted by molar-refractivity contribution is 0.102. The first-order valence-electron chi connectivity index (χ1n) is 5.90. The molecule has 20 heavy (non-hydrogen) atoms. The summed E-state index contributed by atoms with van der Waals surface area (Å²) in [5.74, 6) is -0.374. The number of halogens is 1. The van der Waals surface area contributed by atoms with Crippen LogP contribution < -0.4 is 5.32 Å². The van der Waals surface area contributed by atoms with Gasteiger partial charge in [0, 0.05) is 14.9 Å². The highest BCUT2D eigenvalue weighted by Crippen LogP contribution is 2.26. The molecule has 0 aliphatic rings. The molecule has 0 aliphatic carbocycles. The summed E-state index contributed by atoms with van der Waals surface area (Å²) in [6.07, 6.45) is 0. The van der Waals surface area contributed by atoms with Crippen molar-refractivity contribution in [2.75, 3.05) is 5.32 Å². The first-order valence-corrected chi connectivity index (χ1v) is 7.58. The van der Waals surface area contributed by atoms with E-state index in [9.17, 15) is 9.90 Å². The molecule has 3 rings (SSSR count). The van der Waals surface area contributed by atoms with Gasteiger partial charge in [0.2, 0.25) is 0 Å². The average molecular weight is 348 g/mol. The molecule has 0 bridgehead atoms. The molecular formula is C15H10BrNO2S. The molecule has 3 nitrogen and oxygen atoms in total. The van der Waals surface area contributed by atoms with Crippen LogP contribution in [0.5, 0.6) is 5.75 Å². The SMILES string of the molecule is O=C(Nc1ccc2sccc2c1)c1cc(Br)ccc1O. The Morgan fingerprint density at radius 2 is 2.00 bits per heavy atom. The van der Waals surface area contributed by atoms with Crippen LogP contribution in [0.4, 0.5) is 5.69 Å². The third-order valence-corrected chi connectivity index (χ3v) is 4.30. The number of phenols is 1. The van der Waals surface area contributed by atoms with Crippen molar-refractivity contribution in [3.05, 3.63) is 57.9 Å². The van der Waals surface area contributed by atoms with Crippen LogP contribution in [-0.2, 0) is 0 Å². The molecule has 2 aromatic carbocycles. The van der Waals surface area contributed by atoms with Gasteiger partial charge in [-0.2, -0.15) is 0 Å². The Morgan fingerprint density at radius 1 is 1.15 bits per heavy atom. The molecule has 1 amide bonds. The van der Waals surface area contributed by atoms with Crippen molar-refractivity contribution < 1.29 is 9.90 Å². The van der Waals surface area contributed by atoms with Crippen LogP contribution in [0.25, 0.3) is 10.1 Å². The van der Waals surface area contributed by atoms with E-state index in [0.717, 1.165) is 9.86 Å². The van der Waals surface area contributed by atoms with Gasteiger partial charge in [0.15, 0.2) is 0 Å². The van der Waals surface area contributed by atoms with Gasteiger partial charge in [0.25, 0.3) is 5.91 Å². The summed E-state index contributed by atoms with van der Waals surface area (Å²) >= 11 is 4.94. The van der Waals surface area contributed by atoms with Crippen molar-refractivity contribution in [1.82, 2.24) is 0 Å². The fourth-order valence-corrected chi connectivity index (χ4v) is 3.06. The number of phenolic OH excluding ortho intramolecular Hbond substituents is 1. The van der Waals surface area contributed by atoms with Gasteiger partial charge >= 0.3 is 0 Å². The van der Waals surface area contributed by atoms with Crippen LogP contribution in [-0.4, -0.2) is 11.0 Å². The zero-order valence-electron chi connectivity index (χ0n) is 10.3. The third-order valence-electron chi connectivity index (χ3n) is 2.91. The van der Waals surface area contributed by atoms with Crippen LogP contribution in [0.15, 0.2) is 52.3 Å². The molecule has 0 unspecified atom stereocenters. The van der Waals surface area contributed by atoms with E-state index >= 15 is 0 Å². The maximum absolute atomic E-state index is 12.2. The van der Waals surface area contributed by atoms with Crippen LogP contribution in [0, 0.1) is 0 Å². The minimum atomic E-state index is -0.335. The number of hydrogen-bond donors (Lipinski definition) is 2. The van der Waals surface area contributed by atoms with Crippen LogP contribution in [0.2, 0.25) is 0 Å². The van der Waals surface area contributed by atoms with Gasteiger partial charge < -0.3 is 10.4 Å². The van der Waals surface area contributed by atoms with Gasteiger partial charge in [0.1, 0.15) is 5.75 Å². The minimum Gasteiger partial charge on any atom is -0.507 e. The van der Waals surface area contributed by atoms with Crippen molar-refractivity contribution in [2.45, 2.75) is 0 Å². The molecule has 0 saturated carbocycles. The number of fused-ring (bicyclic) bond motifs is 1. The Labute approximate surface area is 128 Å². The smallest absolute Gasteiger partial charge is 0.259 e. The van der Waals surface area contributed by atoms with Gasteiger partial charge in [0.05, 0.1) is 5.56 Å². The predicted octanol–water partition coefficient (Wildman–Crippen LogP) is 4.62. The Bertz CT molecular complexity index is 797. The zero-order chi connectivity index (χ0) is 14.1. The predicted molar refractivity (Wildman–Crippen MR) is 85.6 cm³/mol. The molecule has 100 valence electrons. The molecule has 1 aromatic heterocycles. The number of thiophene rings is 1. The summed E-state index contributed by atoms with van der Waals surface area (Å²) in [6, 6.07) is 12.5. The Morgan fingerprint density at radius 3 is 2.85 bits per heavy atom. The number of amides is 1. The minimum absolute atomic E-state index is 0.0395. The fourth-order valence-electron chi connectivity index (χ4n) is 1.93. The first-order chi connectivity index (χ1) is 9.63. The molecule has 1 heterocycles. The average Bonchev–Trinajstić information content (AvgIpc) is 2.89. The molecule has 0 radical (unpaired) electrons. The summed E-state index contributed by atoms with van der Waals surface area (Å²) in [7, 11) is 0. The van der Waals surface area contributed by atoms with Crippen molar-refractivity contribution in [3.63, 3.8) is 0 Å². The van der Waals surface area contributed by atoms with Crippen LogP contribution >= 0.6 is 27.3 Å². The summed E-state index contributed by atoms with van der Waals surface area (Å²) in [4.78, 5) is 12.2. The van der Waals surface area contributed by atoms with Crippen LogP contribution in [0.3, 0.4) is 0 Å². The maximum Gasteiger partial charge on any atom is 0.259 e. The molecular weight excluding hydrogens is 338 g/mol. The number of hydrogen-bond acceptors (Lipinski definition) is 3. The lowest BCUT2D eigenvalue weighted by Gasteiger charge is -2.07. The van der Waals surface area contributed by atoms with Crippen molar-refractivity contribution in [2.24, 2.45) is 0 Å². The van der Waals surface area contributed by atoms with Gasteiger partial charge in [-0.05, 0) is 53.2 Å². The molecule has 3 aromatic rings. The number of carbonyl (C=O) groups excluding carboxylic acids is 1. The van der Waals surface area contributed by atoms with Crippen molar-refractivity contribution in [1.29, 1.82) is 0 Å². The van der Waals surface area contributed by atoms with Gasteiger partial charge in [-0.15, -0.1) is 11.3 Å². The molecule has 0 atom stereocenters. The normalized spacial score (nSPS) is 10.7. The Kier molecular flexibility index (Phi) is 3.46. The fraction of sp³-hybridized carbons (Fsp3) is 0. The second kappa shape index (κ2) is 5.26. The molecule has 0 aliphatic heterocycles. The third kappa shape index (κ3) is 2.55. The summed E-state index contributed by atoms with van der Waals surface area (Å²) in [6.45, 7) is 0. The highest BCUT2D eigenvalue weighted by molar-refractivity contribution is 9.10. The van der Waals surface area contributed by atoms with Gasteiger partial charge in [-0.1, -0.05) is 15.9 Å². The zero-order valence-corrected chi connectivity index (χ0v) is 12.7. The quantitative estimate of drug-likeness (QED) is 0.710. The second-order valence-corrected chi connectivity index (χ2v) is 6.15. The molecule has 0 fully saturated rings. The van der Waals surface area contributed by atoms with E-state index in [2.05, 4.69) is 21.2 Å². The topological polar surface area (TPSA) is 49.3 Å². The number of benzene rings is 2. The highest BCUT2D eigenvalue weighted by atomic mass is 79.9. The first kappa shape index (κ1) is 13.1. The molecule has 2 N–H and O–H groups in total. The molecule has 0 spiro atoms. The second-order valence-electron chi connectivity index (χ2n) is 4.29. The van der Waals surface area contributed by atoms with E-state index in [-0.39, 0.29) is 17.2 Å². The van der Waals surface area contributed by atoms with E-state index in [1.54, 1.807) is 23.5 Å². The van der Waals surface area contributed by atoms with Crippen molar-refractivity contribution in [3.8, 4) is 5.75 Å². The maximum atomic E-state index is 12.2. The summed E-state index contributed by atoms with van der Waals surface area (Å²) < 4.78 is 1.92. The Balaban J connectivity index is 1.89. The van der Waals surface area contributed by atoms with E-state index in [1.165, 1.54) is 10.8 Å². The summed E-state index contributed by atoms with van der Waals surface area (Å²) in [5, 5.41) is 15.6. The van der Waals surface area contributed by atoms with E-state index in [4.69, 9.17) is 0 Å². The number of nitrogens with one attached hydrogen (secondary N) is 1. The van der Waals surface area contributed by atoms with Crippen molar-refractivity contribution >= 4 is 48.9 Å². The number of carbonyl (C=O) groups is 1. The summed E-state index contributed by atoms with van der Waals surface area (Å²) in [5.41, 5.74) is 0.949. The van der Waals surface area contributed by atoms with E-state index in [1.807, 2.05) is 29.6 Å². The van der Waals surface area contributed by atoms with Gasteiger partial charge in [-0.3, -0.25) is 4.79 Å². The lowest BCUT2D eigenvalue weighted by Crippen LogP contribution is -2.12. The van der Waals surface area contributed by atoms with Gasteiger partial charge in [-0.25, -0.2) is 0 Å².